The fraction of sp³-hybridized carbons (Fsp3) is 0.333. The van der Waals surface area contributed by atoms with Gasteiger partial charge in [0.1, 0.15) is 11.6 Å². The predicted octanol–water partition coefficient (Wildman–Crippen LogP) is 3.82. The molecule has 0 bridgehead atoms. The van der Waals surface area contributed by atoms with E-state index in [0.717, 1.165) is 16.5 Å². The van der Waals surface area contributed by atoms with Crippen molar-refractivity contribution in [2.24, 2.45) is 0 Å². The summed E-state index contributed by atoms with van der Waals surface area (Å²) < 4.78 is 17.3. The molecule has 6 heteroatoms. The molecular weight excluding hydrogens is 273 g/mol. The minimum absolute atomic E-state index is 0.144. The lowest BCUT2D eigenvalue weighted by molar-refractivity contribution is 0.627. The van der Waals surface area contributed by atoms with Crippen molar-refractivity contribution in [3.8, 4) is 0 Å². The molecule has 3 nitrogen and oxygen atoms in total. The third kappa shape index (κ3) is 2.62. The molecule has 1 N–H and O–H groups in total. The van der Waals surface area contributed by atoms with Gasteiger partial charge in [0.05, 0.1) is 5.02 Å². The molecule has 1 fully saturated rings. The maximum atomic E-state index is 13.0. The lowest BCUT2D eigenvalue weighted by Crippen LogP contribution is -1.99. The van der Waals surface area contributed by atoms with E-state index < -0.39 is 5.82 Å². The summed E-state index contributed by atoms with van der Waals surface area (Å²) in [5.41, 5.74) is 0.921. The largest absolute Gasteiger partial charge is 0.356 e. The van der Waals surface area contributed by atoms with E-state index in [-0.39, 0.29) is 5.02 Å². The minimum Gasteiger partial charge on any atom is -0.356 e. The Balaban J connectivity index is 1.63. The van der Waals surface area contributed by atoms with Crippen LogP contribution in [0.2, 0.25) is 5.02 Å². The summed E-state index contributed by atoms with van der Waals surface area (Å²) in [5, 5.41) is 4.12. The molecule has 0 unspecified atom stereocenters. The number of halogens is 2. The second kappa shape index (κ2) is 4.82. The molecular formula is C12H11ClFN3S. The number of aromatic nitrogens is 2. The van der Waals surface area contributed by atoms with Gasteiger partial charge in [0.15, 0.2) is 0 Å². The Morgan fingerprint density at radius 3 is 3.00 bits per heavy atom. The number of nitrogens with one attached hydrogen (secondary N) is 1. The van der Waals surface area contributed by atoms with Gasteiger partial charge in [0, 0.05) is 24.0 Å². The van der Waals surface area contributed by atoms with Crippen molar-refractivity contribution in [2.75, 3.05) is 5.32 Å². The zero-order chi connectivity index (χ0) is 12.5. The van der Waals surface area contributed by atoms with Gasteiger partial charge < -0.3 is 5.32 Å². The monoisotopic (exact) mass is 283 g/mol. The van der Waals surface area contributed by atoms with Crippen LogP contribution < -0.4 is 5.32 Å². The molecule has 1 aliphatic rings. The third-order valence-corrected chi connectivity index (χ3v) is 3.79. The van der Waals surface area contributed by atoms with Crippen LogP contribution in [0.1, 0.15) is 30.1 Å². The van der Waals surface area contributed by atoms with Gasteiger partial charge in [-0.2, -0.15) is 4.37 Å². The number of benzene rings is 1. The average molecular weight is 284 g/mol. The lowest BCUT2D eigenvalue weighted by atomic mass is 10.2. The molecule has 0 aliphatic heterocycles. The molecule has 0 spiro atoms. The van der Waals surface area contributed by atoms with Crippen LogP contribution in [0.3, 0.4) is 0 Å². The molecule has 2 aromatic rings. The first-order valence-electron chi connectivity index (χ1n) is 5.74. The molecule has 1 aliphatic carbocycles. The molecule has 1 heterocycles. The van der Waals surface area contributed by atoms with Gasteiger partial charge >= 0.3 is 0 Å². The second-order valence-corrected chi connectivity index (χ2v) is 5.49. The number of anilines is 1. The van der Waals surface area contributed by atoms with E-state index in [1.54, 1.807) is 12.1 Å². The normalized spacial score (nSPS) is 14.8. The molecule has 0 amide bonds. The van der Waals surface area contributed by atoms with E-state index in [9.17, 15) is 4.39 Å². The molecule has 0 atom stereocenters. The van der Waals surface area contributed by atoms with Gasteiger partial charge in [-0.05, 0) is 30.5 Å². The number of nitrogens with zero attached hydrogens (tertiary/aromatic N) is 2. The maximum Gasteiger partial charge on any atom is 0.202 e. The molecule has 18 heavy (non-hydrogen) atoms. The van der Waals surface area contributed by atoms with E-state index in [4.69, 9.17) is 11.6 Å². The lowest BCUT2D eigenvalue weighted by Gasteiger charge is -2.03. The zero-order valence-corrected chi connectivity index (χ0v) is 11.1. The van der Waals surface area contributed by atoms with Gasteiger partial charge in [0.25, 0.3) is 0 Å². The minimum atomic E-state index is -0.396. The molecule has 1 aromatic heterocycles. The SMILES string of the molecule is Fc1ccc(CNc2nc(C3CC3)ns2)cc1Cl. The molecule has 1 saturated carbocycles. The smallest absolute Gasteiger partial charge is 0.202 e. The van der Waals surface area contributed by atoms with Crippen molar-refractivity contribution in [1.82, 2.24) is 9.36 Å². The van der Waals surface area contributed by atoms with E-state index >= 15 is 0 Å². The Kier molecular flexibility index (Phi) is 3.18. The van der Waals surface area contributed by atoms with Crippen LogP contribution in [-0.4, -0.2) is 9.36 Å². The maximum absolute atomic E-state index is 13.0. The first-order chi connectivity index (χ1) is 8.72. The fourth-order valence-electron chi connectivity index (χ4n) is 1.64. The van der Waals surface area contributed by atoms with Crippen molar-refractivity contribution < 1.29 is 4.39 Å². The summed E-state index contributed by atoms with van der Waals surface area (Å²) >= 11 is 7.09. The second-order valence-electron chi connectivity index (χ2n) is 4.33. The Hall–Kier alpha value is -1.20. The Morgan fingerprint density at radius 1 is 1.44 bits per heavy atom. The van der Waals surface area contributed by atoms with Crippen molar-refractivity contribution >= 4 is 28.3 Å². The first kappa shape index (κ1) is 11.9. The highest BCUT2D eigenvalue weighted by Crippen LogP contribution is 2.39. The first-order valence-corrected chi connectivity index (χ1v) is 6.89. The highest BCUT2D eigenvalue weighted by molar-refractivity contribution is 7.09. The molecule has 1 aromatic carbocycles. The third-order valence-electron chi connectivity index (χ3n) is 2.81. The van der Waals surface area contributed by atoms with Crippen LogP contribution in [0.4, 0.5) is 9.52 Å². The summed E-state index contributed by atoms with van der Waals surface area (Å²) in [5.74, 6) is 1.11. The van der Waals surface area contributed by atoms with E-state index in [0.29, 0.717) is 12.5 Å². The summed E-state index contributed by atoms with van der Waals surface area (Å²) in [4.78, 5) is 4.42. The van der Waals surface area contributed by atoms with Gasteiger partial charge in [-0.25, -0.2) is 9.37 Å². The quantitative estimate of drug-likeness (QED) is 0.927. The molecule has 0 radical (unpaired) electrons. The van der Waals surface area contributed by atoms with Crippen molar-refractivity contribution in [2.45, 2.75) is 25.3 Å². The summed E-state index contributed by atoms with van der Waals surface area (Å²) in [7, 11) is 0. The van der Waals surface area contributed by atoms with Crippen LogP contribution in [0.25, 0.3) is 0 Å². The van der Waals surface area contributed by atoms with Crippen molar-refractivity contribution in [3.63, 3.8) is 0 Å². The Bertz CT molecular complexity index is 568. The fourth-order valence-corrected chi connectivity index (χ4v) is 2.49. The molecule has 0 saturated heterocycles. The Morgan fingerprint density at radius 2 is 2.28 bits per heavy atom. The van der Waals surface area contributed by atoms with Crippen molar-refractivity contribution in [3.05, 3.63) is 40.4 Å². The van der Waals surface area contributed by atoms with E-state index in [2.05, 4.69) is 14.7 Å². The highest BCUT2D eigenvalue weighted by Gasteiger charge is 2.27. The molecule has 3 rings (SSSR count). The van der Waals surface area contributed by atoms with Crippen molar-refractivity contribution in [1.29, 1.82) is 0 Å². The average Bonchev–Trinajstić information content (AvgIpc) is 3.11. The van der Waals surface area contributed by atoms with Crippen LogP contribution in [0.5, 0.6) is 0 Å². The number of rotatable bonds is 4. The zero-order valence-electron chi connectivity index (χ0n) is 9.49. The van der Waals surface area contributed by atoms with Gasteiger partial charge in [-0.1, -0.05) is 17.7 Å². The summed E-state index contributed by atoms with van der Waals surface area (Å²) in [6.07, 6.45) is 2.40. The van der Waals surface area contributed by atoms with Gasteiger partial charge in [-0.3, -0.25) is 0 Å². The van der Waals surface area contributed by atoms with Crippen LogP contribution >= 0.6 is 23.1 Å². The van der Waals surface area contributed by atoms with Gasteiger partial charge in [-0.15, -0.1) is 0 Å². The van der Waals surface area contributed by atoms with Crippen LogP contribution in [0, 0.1) is 5.82 Å². The van der Waals surface area contributed by atoms with Crippen LogP contribution in [-0.2, 0) is 6.54 Å². The predicted molar refractivity (Wildman–Crippen MR) is 70.6 cm³/mol. The van der Waals surface area contributed by atoms with E-state index in [1.165, 1.54) is 30.4 Å². The Labute approximate surface area is 113 Å². The van der Waals surface area contributed by atoms with Gasteiger partial charge in [0.2, 0.25) is 5.13 Å². The number of hydrogen-bond acceptors (Lipinski definition) is 4. The topological polar surface area (TPSA) is 37.8 Å². The summed E-state index contributed by atoms with van der Waals surface area (Å²) in [6.45, 7) is 0.569. The van der Waals surface area contributed by atoms with E-state index in [1.807, 2.05) is 0 Å². The standard InChI is InChI=1S/C12H11ClFN3S/c13-9-5-7(1-4-10(9)14)6-15-12-16-11(17-18-12)8-2-3-8/h1,4-5,8H,2-3,6H2,(H,15,16,17). The molecule has 94 valence electrons. The number of hydrogen-bond donors (Lipinski definition) is 1. The summed E-state index contributed by atoms with van der Waals surface area (Å²) in [6, 6.07) is 4.69. The van der Waals surface area contributed by atoms with Crippen LogP contribution in [0.15, 0.2) is 18.2 Å². The highest BCUT2D eigenvalue weighted by atomic mass is 35.5.